The third kappa shape index (κ3) is 4.63. The minimum absolute atomic E-state index is 0.0476. The van der Waals surface area contributed by atoms with E-state index in [1.54, 1.807) is 25.5 Å². The summed E-state index contributed by atoms with van der Waals surface area (Å²) in [5.74, 6) is 1.52. The number of hydrogen-bond donors (Lipinski definition) is 1. The molecule has 2 aliphatic heterocycles. The summed E-state index contributed by atoms with van der Waals surface area (Å²) in [6.07, 6.45) is 11.5. The van der Waals surface area contributed by atoms with Crippen molar-refractivity contribution in [1.82, 2.24) is 29.7 Å². The van der Waals surface area contributed by atoms with E-state index in [0.717, 1.165) is 62.4 Å². The number of imidazole rings is 1. The molecule has 2 aliphatic rings. The van der Waals surface area contributed by atoms with Crippen LogP contribution in [0.1, 0.15) is 38.3 Å². The Bertz CT molecular complexity index is 845. The number of rotatable bonds is 4. The second-order valence-electron chi connectivity index (χ2n) is 8.11. The molecule has 0 aromatic carbocycles. The fourth-order valence-corrected chi connectivity index (χ4v) is 4.45. The standard InChI is InChI=1S/C21H28N6O2/c1-15(28)26-9-4-17(5-10-26)21(29)27-8-2-3-16(14-27)11-18-12-22-13-19(25-18)20-23-6-7-24-20/h6-7,12-13,16-17H,2-5,8-11,14H2,1H3,(H,23,24)/t16-/m1/s1. The Hall–Kier alpha value is -2.77. The van der Waals surface area contributed by atoms with Crippen LogP contribution in [0, 0.1) is 11.8 Å². The number of carbonyl (C=O) groups is 2. The largest absolute Gasteiger partial charge is 0.343 e. The van der Waals surface area contributed by atoms with Gasteiger partial charge in [0.25, 0.3) is 0 Å². The van der Waals surface area contributed by atoms with E-state index in [4.69, 9.17) is 4.98 Å². The summed E-state index contributed by atoms with van der Waals surface area (Å²) in [6.45, 7) is 4.59. The van der Waals surface area contributed by atoms with Crippen LogP contribution < -0.4 is 0 Å². The van der Waals surface area contributed by atoms with Crippen LogP contribution in [0.15, 0.2) is 24.8 Å². The lowest BCUT2D eigenvalue weighted by Gasteiger charge is -2.37. The fraction of sp³-hybridized carbons (Fsp3) is 0.571. The monoisotopic (exact) mass is 396 g/mol. The van der Waals surface area contributed by atoms with Gasteiger partial charge in [-0.25, -0.2) is 9.97 Å². The maximum Gasteiger partial charge on any atom is 0.225 e. The molecule has 1 N–H and O–H groups in total. The van der Waals surface area contributed by atoms with Crippen molar-refractivity contribution in [3.63, 3.8) is 0 Å². The number of aromatic nitrogens is 4. The predicted octanol–water partition coefficient (Wildman–Crippen LogP) is 1.91. The van der Waals surface area contributed by atoms with Crippen molar-refractivity contribution in [1.29, 1.82) is 0 Å². The van der Waals surface area contributed by atoms with E-state index >= 15 is 0 Å². The lowest BCUT2D eigenvalue weighted by molar-refractivity contribution is -0.141. The highest BCUT2D eigenvalue weighted by molar-refractivity contribution is 5.80. The number of carbonyl (C=O) groups excluding carboxylic acids is 2. The van der Waals surface area contributed by atoms with Gasteiger partial charge in [-0.2, -0.15) is 0 Å². The maximum atomic E-state index is 13.0. The summed E-state index contributed by atoms with van der Waals surface area (Å²) in [6, 6.07) is 0. The quantitative estimate of drug-likeness (QED) is 0.852. The third-order valence-corrected chi connectivity index (χ3v) is 6.04. The Morgan fingerprint density at radius 2 is 1.97 bits per heavy atom. The van der Waals surface area contributed by atoms with Gasteiger partial charge in [-0.15, -0.1) is 0 Å². The van der Waals surface area contributed by atoms with Crippen LogP contribution in [0.4, 0.5) is 0 Å². The molecule has 2 fully saturated rings. The zero-order valence-electron chi connectivity index (χ0n) is 16.9. The molecule has 2 aromatic heterocycles. The van der Waals surface area contributed by atoms with Crippen molar-refractivity contribution in [3.05, 3.63) is 30.5 Å². The maximum absolute atomic E-state index is 13.0. The molecule has 29 heavy (non-hydrogen) atoms. The van der Waals surface area contributed by atoms with Crippen LogP contribution in [-0.2, 0) is 16.0 Å². The Morgan fingerprint density at radius 1 is 1.14 bits per heavy atom. The number of nitrogens with one attached hydrogen (secondary N) is 1. The van der Waals surface area contributed by atoms with Crippen LogP contribution in [-0.4, -0.2) is 67.7 Å². The number of likely N-dealkylation sites (tertiary alicyclic amines) is 2. The molecular formula is C21H28N6O2. The van der Waals surface area contributed by atoms with E-state index < -0.39 is 0 Å². The normalized spacial score (nSPS) is 20.7. The van der Waals surface area contributed by atoms with Gasteiger partial charge in [-0.05, 0) is 38.0 Å². The molecule has 8 heteroatoms. The molecule has 0 radical (unpaired) electrons. The Labute approximate surface area is 170 Å². The molecule has 4 rings (SSSR count). The molecular weight excluding hydrogens is 368 g/mol. The second kappa shape index (κ2) is 8.71. The van der Waals surface area contributed by atoms with Gasteiger partial charge in [0.2, 0.25) is 11.8 Å². The Kier molecular flexibility index (Phi) is 5.87. The van der Waals surface area contributed by atoms with Crippen LogP contribution in [0.3, 0.4) is 0 Å². The molecule has 0 saturated carbocycles. The summed E-state index contributed by atoms with van der Waals surface area (Å²) in [5.41, 5.74) is 1.68. The highest BCUT2D eigenvalue weighted by Gasteiger charge is 2.32. The lowest BCUT2D eigenvalue weighted by Crippen LogP contribution is -2.47. The topological polar surface area (TPSA) is 95.1 Å². The first kappa shape index (κ1) is 19.5. The molecule has 2 aromatic rings. The van der Waals surface area contributed by atoms with Gasteiger partial charge in [0.15, 0.2) is 5.82 Å². The average molecular weight is 396 g/mol. The second-order valence-corrected chi connectivity index (χ2v) is 8.11. The van der Waals surface area contributed by atoms with Gasteiger partial charge < -0.3 is 14.8 Å². The van der Waals surface area contributed by atoms with Gasteiger partial charge in [-0.1, -0.05) is 0 Å². The average Bonchev–Trinajstić information content (AvgIpc) is 3.29. The summed E-state index contributed by atoms with van der Waals surface area (Å²) in [5, 5.41) is 0. The molecule has 0 spiro atoms. The minimum atomic E-state index is 0.0476. The van der Waals surface area contributed by atoms with Gasteiger partial charge in [0, 0.05) is 57.6 Å². The van der Waals surface area contributed by atoms with Crippen molar-refractivity contribution in [2.45, 2.75) is 39.0 Å². The molecule has 1 atom stereocenters. The van der Waals surface area contributed by atoms with Gasteiger partial charge >= 0.3 is 0 Å². The number of hydrogen-bond acceptors (Lipinski definition) is 5. The highest BCUT2D eigenvalue weighted by atomic mass is 16.2. The molecule has 154 valence electrons. The van der Waals surface area contributed by atoms with Crippen LogP contribution in [0.2, 0.25) is 0 Å². The number of aromatic amines is 1. The molecule has 2 saturated heterocycles. The van der Waals surface area contributed by atoms with Crippen LogP contribution in [0.5, 0.6) is 0 Å². The SMILES string of the molecule is CC(=O)N1CCC(C(=O)N2CCC[C@H](Cc3cncc(-c4ncc[nH]4)n3)C2)CC1. The molecule has 8 nitrogen and oxygen atoms in total. The van der Waals surface area contributed by atoms with E-state index in [1.165, 1.54) is 0 Å². The van der Waals surface area contributed by atoms with Crippen molar-refractivity contribution in [2.24, 2.45) is 11.8 Å². The lowest BCUT2D eigenvalue weighted by atomic mass is 9.90. The highest BCUT2D eigenvalue weighted by Crippen LogP contribution is 2.25. The number of piperidine rings is 2. The number of amides is 2. The first-order chi connectivity index (χ1) is 14.1. The Balaban J connectivity index is 1.35. The molecule has 0 unspecified atom stereocenters. The Morgan fingerprint density at radius 3 is 2.69 bits per heavy atom. The molecule has 0 bridgehead atoms. The number of H-pyrrole nitrogens is 1. The zero-order valence-corrected chi connectivity index (χ0v) is 16.9. The smallest absolute Gasteiger partial charge is 0.225 e. The van der Waals surface area contributed by atoms with E-state index in [9.17, 15) is 9.59 Å². The van der Waals surface area contributed by atoms with E-state index in [2.05, 4.69) is 15.0 Å². The van der Waals surface area contributed by atoms with Gasteiger partial charge in [-0.3, -0.25) is 14.6 Å². The molecule has 2 amide bonds. The summed E-state index contributed by atoms with van der Waals surface area (Å²) in [7, 11) is 0. The van der Waals surface area contributed by atoms with E-state index in [0.29, 0.717) is 19.0 Å². The first-order valence-electron chi connectivity index (χ1n) is 10.4. The van der Waals surface area contributed by atoms with Gasteiger partial charge in [0.1, 0.15) is 5.69 Å². The molecule has 4 heterocycles. The minimum Gasteiger partial charge on any atom is -0.343 e. The first-order valence-corrected chi connectivity index (χ1v) is 10.4. The van der Waals surface area contributed by atoms with Crippen LogP contribution >= 0.6 is 0 Å². The van der Waals surface area contributed by atoms with E-state index in [1.807, 2.05) is 16.0 Å². The third-order valence-electron chi connectivity index (χ3n) is 6.04. The van der Waals surface area contributed by atoms with Crippen LogP contribution in [0.25, 0.3) is 11.5 Å². The van der Waals surface area contributed by atoms with Crippen molar-refractivity contribution >= 4 is 11.8 Å². The summed E-state index contributed by atoms with van der Waals surface area (Å²) in [4.78, 5) is 44.7. The predicted molar refractivity (Wildman–Crippen MR) is 108 cm³/mol. The fourth-order valence-electron chi connectivity index (χ4n) is 4.45. The van der Waals surface area contributed by atoms with Crippen molar-refractivity contribution < 1.29 is 9.59 Å². The summed E-state index contributed by atoms with van der Waals surface area (Å²) >= 11 is 0. The van der Waals surface area contributed by atoms with Gasteiger partial charge in [0.05, 0.1) is 11.9 Å². The number of nitrogens with zero attached hydrogens (tertiary/aromatic N) is 5. The van der Waals surface area contributed by atoms with Crippen molar-refractivity contribution in [2.75, 3.05) is 26.2 Å². The summed E-state index contributed by atoms with van der Waals surface area (Å²) < 4.78 is 0. The van der Waals surface area contributed by atoms with E-state index in [-0.39, 0.29) is 17.7 Å². The molecule has 0 aliphatic carbocycles. The van der Waals surface area contributed by atoms with Crippen molar-refractivity contribution in [3.8, 4) is 11.5 Å². The zero-order chi connectivity index (χ0) is 20.2.